The van der Waals surface area contributed by atoms with Gasteiger partial charge in [0.05, 0.1) is 34.9 Å². The minimum atomic E-state index is -0.768. The number of piperidine rings is 1. The Hall–Kier alpha value is -3.64. The summed E-state index contributed by atoms with van der Waals surface area (Å²) in [7, 11) is 1.62. The molecule has 1 saturated heterocycles. The van der Waals surface area contributed by atoms with Crippen LogP contribution in [0.4, 0.5) is 20.6 Å². The van der Waals surface area contributed by atoms with E-state index in [0.717, 1.165) is 22.8 Å². The number of hydrogen-bond acceptors (Lipinski definition) is 8. The van der Waals surface area contributed by atoms with E-state index in [1.807, 2.05) is 39.0 Å². The molecule has 2 aliphatic heterocycles. The van der Waals surface area contributed by atoms with Crippen LogP contribution in [0.3, 0.4) is 0 Å². The Morgan fingerprint density at radius 3 is 2.75 bits per heavy atom. The Kier molecular flexibility index (Phi) is 8.99. The number of amides is 4. The van der Waals surface area contributed by atoms with Crippen LogP contribution in [0.1, 0.15) is 56.0 Å². The van der Waals surface area contributed by atoms with Gasteiger partial charge in [-0.25, -0.2) is 9.18 Å². The second kappa shape index (κ2) is 12.3. The largest absolute Gasteiger partial charge is 0.491 e. The summed E-state index contributed by atoms with van der Waals surface area (Å²) < 4.78 is 21.5. The van der Waals surface area contributed by atoms with E-state index in [9.17, 15) is 19.2 Å². The molecule has 0 radical (unpaired) electrons. The van der Waals surface area contributed by atoms with Crippen molar-refractivity contribution in [2.24, 2.45) is 0 Å². The third-order valence-corrected chi connectivity index (χ3v) is 8.40. The molecule has 0 saturated carbocycles. The minimum Gasteiger partial charge on any atom is -0.491 e. The summed E-state index contributed by atoms with van der Waals surface area (Å²) in [6, 6.07) is 7.30. The Bertz CT molecular complexity index is 1320. The molecule has 2 heterocycles. The number of fused-ring (bicyclic) bond motifs is 1. The van der Waals surface area contributed by atoms with Crippen LogP contribution >= 0.6 is 11.8 Å². The standard InChI is InChI=1S/C28H34FN5O5S/c1-5-13-39-20-7-6-8-21-24(20)32-26(40-21)28(2,3)33-27(38)30-18-10-9-16(15-35)17(23(18)29)14-34(4)19-11-12-22(36)31-25(19)37/h6-10,15,19,26,32H,5,11-14H2,1-4H3,(H2,30,33,38)(H,31,36,37). The van der Waals surface area contributed by atoms with E-state index in [2.05, 4.69) is 21.3 Å². The molecular formula is C28H34FN5O5S. The number of likely N-dealkylation sites (N-methyl/N-ethyl adjacent to an activating group) is 1. The van der Waals surface area contributed by atoms with Gasteiger partial charge in [-0.05, 0) is 58.0 Å². The molecule has 4 rings (SSSR count). The summed E-state index contributed by atoms with van der Waals surface area (Å²) in [5, 5.41) is 11.0. The van der Waals surface area contributed by atoms with Gasteiger partial charge < -0.3 is 20.7 Å². The predicted octanol–water partition coefficient (Wildman–Crippen LogP) is 4.11. The van der Waals surface area contributed by atoms with E-state index in [-0.39, 0.29) is 47.5 Å². The van der Waals surface area contributed by atoms with Crippen LogP contribution in [0.15, 0.2) is 35.2 Å². The van der Waals surface area contributed by atoms with Crippen molar-refractivity contribution in [3.05, 3.63) is 47.3 Å². The van der Waals surface area contributed by atoms with Crippen LogP contribution < -0.4 is 26.0 Å². The number of nitrogens with one attached hydrogen (secondary N) is 4. The zero-order chi connectivity index (χ0) is 29.0. The molecule has 0 bridgehead atoms. The summed E-state index contributed by atoms with van der Waals surface area (Å²) in [5.41, 5.74) is 0.164. The number of carbonyl (C=O) groups excluding carboxylic acids is 4. The normalized spacial score (nSPS) is 18.6. The maximum atomic E-state index is 15.6. The fraction of sp³-hybridized carbons (Fsp3) is 0.429. The van der Waals surface area contributed by atoms with Crippen molar-refractivity contribution in [1.82, 2.24) is 15.5 Å². The van der Waals surface area contributed by atoms with E-state index < -0.39 is 29.3 Å². The fourth-order valence-corrected chi connectivity index (χ4v) is 5.90. The second-order valence-corrected chi connectivity index (χ2v) is 11.6. The first-order chi connectivity index (χ1) is 19.0. The van der Waals surface area contributed by atoms with Crippen LogP contribution in [0.2, 0.25) is 0 Å². The molecule has 4 N–H and O–H groups in total. The van der Waals surface area contributed by atoms with Gasteiger partial charge in [-0.15, -0.1) is 0 Å². The van der Waals surface area contributed by atoms with Gasteiger partial charge in [-0.2, -0.15) is 0 Å². The Balaban J connectivity index is 1.44. The highest BCUT2D eigenvalue weighted by molar-refractivity contribution is 8.00. The lowest BCUT2D eigenvalue weighted by Gasteiger charge is -2.32. The second-order valence-electron chi connectivity index (χ2n) is 10.4. The summed E-state index contributed by atoms with van der Waals surface area (Å²) in [5.74, 6) is -0.834. The minimum absolute atomic E-state index is 0.0438. The molecule has 10 nitrogen and oxygen atoms in total. The van der Waals surface area contributed by atoms with Crippen LogP contribution in [0.25, 0.3) is 0 Å². The number of ether oxygens (including phenoxy) is 1. The number of anilines is 2. The number of imide groups is 1. The molecule has 214 valence electrons. The first-order valence-electron chi connectivity index (χ1n) is 13.1. The molecule has 12 heteroatoms. The third kappa shape index (κ3) is 6.39. The summed E-state index contributed by atoms with van der Waals surface area (Å²) in [4.78, 5) is 51.0. The van der Waals surface area contributed by atoms with Crippen molar-refractivity contribution >= 4 is 47.3 Å². The first-order valence-corrected chi connectivity index (χ1v) is 14.0. The molecule has 2 atom stereocenters. The van der Waals surface area contributed by atoms with Crippen LogP contribution in [0, 0.1) is 5.82 Å². The molecule has 1 fully saturated rings. The van der Waals surface area contributed by atoms with Crippen molar-refractivity contribution in [3.63, 3.8) is 0 Å². The maximum Gasteiger partial charge on any atom is 0.319 e. The zero-order valence-corrected chi connectivity index (χ0v) is 23.7. The zero-order valence-electron chi connectivity index (χ0n) is 22.9. The highest BCUT2D eigenvalue weighted by Crippen LogP contribution is 2.46. The monoisotopic (exact) mass is 571 g/mol. The number of halogens is 1. The van der Waals surface area contributed by atoms with Crippen LogP contribution in [0.5, 0.6) is 5.75 Å². The quantitative estimate of drug-likeness (QED) is 0.248. The van der Waals surface area contributed by atoms with Gasteiger partial charge in [0, 0.05) is 29.0 Å². The van der Waals surface area contributed by atoms with E-state index in [4.69, 9.17) is 4.74 Å². The van der Waals surface area contributed by atoms with E-state index in [0.29, 0.717) is 12.9 Å². The number of para-hydroxylation sites is 1. The lowest BCUT2D eigenvalue weighted by atomic mass is 10.0. The maximum absolute atomic E-state index is 15.6. The van der Waals surface area contributed by atoms with Gasteiger partial charge in [-0.1, -0.05) is 24.8 Å². The number of carbonyl (C=O) groups is 4. The highest BCUT2D eigenvalue weighted by atomic mass is 32.2. The highest BCUT2D eigenvalue weighted by Gasteiger charge is 2.38. The van der Waals surface area contributed by atoms with Gasteiger partial charge in [0.1, 0.15) is 12.0 Å². The molecule has 40 heavy (non-hydrogen) atoms. The van der Waals surface area contributed by atoms with Crippen molar-refractivity contribution < 1.29 is 28.3 Å². The van der Waals surface area contributed by atoms with Gasteiger partial charge in [0.25, 0.3) is 0 Å². The topological polar surface area (TPSA) is 129 Å². The van der Waals surface area contributed by atoms with E-state index in [1.54, 1.807) is 23.7 Å². The third-order valence-electron chi connectivity index (χ3n) is 6.87. The summed E-state index contributed by atoms with van der Waals surface area (Å²) in [6.45, 7) is 6.29. The number of aldehydes is 1. The lowest BCUT2D eigenvalue weighted by molar-refractivity contribution is -0.137. The first kappa shape index (κ1) is 29.3. The van der Waals surface area contributed by atoms with Gasteiger partial charge in [0.2, 0.25) is 11.8 Å². The number of thioether (sulfide) groups is 1. The van der Waals surface area contributed by atoms with Gasteiger partial charge in [0.15, 0.2) is 5.82 Å². The van der Waals surface area contributed by atoms with Crippen LogP contribution in [-0.4, -0.2) is 59.6 Å². The number of benzene rings is 2. The molecule has 0 spiro atoms. The van der Waals surface area contributed by atoms with E-state index >= 15 is 4.39 Å². The number of rotatable bonds is 10. The van der Waals surface area contributed by atoms with Crippen LogP contribution in [-0.2, 0) is 16.1 Å². The van der Waals surface area contributed by atoms with E-state index in [1.165, 1.54) is 12.1 Å². The SMILES string of the molecule is CCCOc1cccc2c1NC(C(C)(C)NC(=O)Nc1ccc(C=O)c(CN(C)C3CCC(=O)NC3=O)c1F)S2. The van der Waals surface area contributed by atoms with Crippen molar-refractivity contribution in [2.75, 3.05) is 24.3 Å². The lowest BCUT2D eigenvalue weighted by Crippen LogP contribution is -2.54. The number of hydrogen-bond donors (Lipinski definition) is 4. The number of urea groups is 1. The van der Waals surface area contributed by atoms with Gasteiger partial charge >= 0.3 is 6.03 Å². The Labute approximate surface area is 236 Å². The molecule has 0 aliphatic carbocycles. The predicted molar refractivity (Wildman–Crippen MR) is 151 cm³/mol. The Morgan fingerprint density at radius 1 is 1.27 bits per heavy atom. The molecule has 2 unspecified atom stereocenters. The summed E-state index contributed by atoms with van der Waals surface area (Å²) >= 11 is 1.56. The molecular weight excluding hydrogens is 537 g/mol. The molecule has 0 aromatic heterocycles. The van der Waals surface area contributed by atoms with Crippen molar-refractivity contribution in [1.29, 1.82) is 0 Å². The smallest absolute Gasteiger partial charge is 0.319 e. The molecule has 2 aromatic rings. The van der Waals surface area contributed by atoms with Crippen molar-refractivity contribution in [3.8, 4) is 5.75 Å². The van der Waals surface area contributed by atoms with Gasteiger partial charge in [-0.3, -0.25) is 24.6 Å². The average molecular weight is 572 g/mol. The average Bonchev–Trinajstić information content (AvgIpc) is 3.36. The summed E-state index contributed by atoms with van der Waals surface area (Å²) in [6.07, 6.45) is 1.88. The Morgan fingerprint density at radius 2 is 2.05 bits per heavy atom. The fourth-order valence-electron chi connectivity index (χ4n) is 4.68. The van der Waals surface area contributed by atoms with Crippen molar-refractivity contribution in [2.45, 2.75) is 68.4 Å². The molecule has 2 aromatic carbocycles. The molecule has 2 aliphatic rings. The molecule has 4 amide bonds. The number of nitrogens with zero attached hydrogens (tertiary/aromatic N) is 1.